The minimum absolute atomic E-state index is 0.0747. The molecule has 0 spiro atoms. The number of aryl methyl sites for hydroxylation is 1. The van der Waals surface area contributed by atoms with Gasteiger partial charge in [0.15, 0.2) is 0 Å². The van der Waals surface area contributed by atoms with E-state index >= 15 is 0 Å². The van der Waals surface area contributed by atoms with E-state index in [-0.39, 0.29) is 24.5 Å². The van der Waals surface area contributed by atoms with Crippen molar-refractivity contribution in [3.8, 4) is 0 Å². The van der Waals surface area contributed by atoms with Crippen LogP contribution in [0.1, 0.15) is 19.4 Å². The summed E-state index contributed by atoms with van der Waals surface area (Å²) in [5.74, 6) is -0.0747. The molecule has 0 aromatic heterocycles. The first-order valence-corrected chi connectivity index (χ1v) is 6.11. The third kappa shape index (κ3) is 5.29. The van der Waals surface area contributed by atoms with Gasteiger partial charge in [-0.1, -0.05) is 26.0 Å². The molecule has 1 aromatic rings. The van der Waals surface area contributed by atoms with Gasteiger partial charge in [-0.25, -0.2) is 0 Å². The number of benzene rings is 1. The first-order valence-electron chi connectivity index (χ1n) is 6.11. The van der Waals surface area contributed by atoms with E-state index < -0.39 is 0 Å². The number of aliphatic hydroxyl groups excluding tert-OH is 1. The van der Waals surface area contributed by atoms with Gasteiger partial charge in [0.25, 0.3) is 0 Å². The van der Waals surface area contributed by atoms with Gasteiger partial charge in [-0.05, 0) is 24.6 Å². The lowest BCUT2D eigenvalue weighted by atomic mass is 9.95. The minimum atomic E-state index is -0.205. The number of hydrogen-bond donors (Lipinski definition) is 3. The van der Waals surface area contributed by atoms with Crippen LogP contribution in [0.3, 0.4) is 0 Å². The Bertz CT molecular complexity index is 403. The van der Waals surface area contributed by atoms with Gasteiger partial charge in [0.2, 0.25) is 5.91 Å². The molecule has 1 amide bonds. The molecule has 4 nitrogen and oxygen atoms in total. The Morgan fingerprint density at radius 3 is 2.72 bits per heavy atom. The molecule has 0 fully saturated rings. The molecule has 0 heterocycles. The molecule has 0 unspecified atom stereocenters. The van der Waals surface area contributed by atoms with Crippen molar-refractivity contribution in [2.45, 2.75) is 20.8 Å². The summed E-state index contributed by atoms with van der Waals surface area (Å²) in [6.07, 6.45) is 0. The monoisotopic (exact) mass is 250 g/mol. The number of aliphatic hydroxyl groups is 1. The minimum Gasteiger partial charge on any atom is -0.396 e. The van der Waals surface area contributed by atoms with E-state index in [0.717, 1.165) is 11.3 Å². The van der Waals surface area contributed by atoms with Gasteiger partial charge >= 0.3 is 0 Å². The highest BCUT2D eigenvalue weighted by Crippen LogP contribution is 2.11. The maximum Gasteiger partial charge on any atom is 0.238 e. The Kier molecular flexibility index (Phi) is 5.31. The van der Waals surface area contributed by atoms with Crippen molar-refractivity contribution in [3.63, 3.8) is 0 Å². The van der Waals surface area contributed by atoms with Crippen molar-refractivity contribution >= 4 is 11.6 Å². The molecule has 3 N–H and O–H groups in total. The van der Waals surface area contributed by atoms with Crippen molar-refractivity contribution in [1.82, 2.24) is 5.32 Å². The molecule has 0 atom stereocenters. The first kappa shape index (κ1) is 14.7. The number of hydrogen-bond acceptors (Lipinski definition) is 3. The van der Waals surface area contributed by atoms with Crippen LogP contribution in [0.5, 0.6) is 0 Å². The standard InChI is InChI=1S/C14H22N2O2/c1-11-5-4-6-12(7-11)16-13(18)8-15-9-14(2,3)10-17/h4-7,15,17H,8-10H2,1-3H3,(H,16,18). The van der Waals surface area contributed by atoms with E-state index in [1.54, 1.807) is 0 Å². The number of rotatable bonds is 6. The lowest BCUT2D eigenvalue weighted by Gasteiger charge is -2.21. The van der Waals surface area contributed by atoms with E-state index in [4.69, 9.17) is 5.11 Å². The fraction of sp³-hybridized carbons (Fsp3) is 0.500. The zero-order chi connectivity index (χ0) is 13.6. The van der Waals surface area contributed by atoms with Crippen LogP contribution < -0.4 is 10.6 Å². The highest BCUT2D eigenvalue weighted by Gasteiger charge is 2.16. The fourth-order valence-corrected chi connectivity index (χ4v) is 1.50. The quantitative estimate of drug-likeness (QED) is 0.717. The van der Waals surface area contributed by atoms with Crippen molar-refractivity contribution in [2.75, 3.05) is 25.0 Å². The van der Waals surface area contributed by atoms with Crippen LogP contribution in [-0.4, -0.2) is 30.7 Å². The molecule has 0 bridgehead atoms. The zero-order valence-corrected chi connectivity index (χ0v) is 11.3. The zero-order valence-electron chi connectivity index (χ0n) is 11.3. The summed E-state index contributed by atoms with van der Waals surface area (Å²) in [6, 6.07) is 7.68. The highest BCUT2D eigenvalue weighted by atomic mass is 16.3. The highest BCUT2D eigenvalue weighted by molar-refractivity contribution is 5.92. The number of anilines is 1. The average molecular weight is 250 g/mol. The predicted molar refractivity (Wildman–Crippen MR) is 73.5 cm³/mol. The normalized spacial score (nSPS) is 11.3. The van der Waals surface area contributed by atoms with E-state index in [1.807, 2.05) is 45.0 Å². The predicted octanol–water partition coefficient (Wildman–Crippen LogP) is 1.54. The fourth-order valence-electron chi connectivity index (χ4n) is 1.50. The molecule has 0 aliphatic carbocycles. The summed E-state index contributed by atoms with van der Waals surface area (Å²) < 4.78 is 0. The molecule has 4 heteroatoms. The second kappa shape index (κ2) is 6.52. The smallest absolute Gasteiger partial charge is 0.238 e. The summed E-state index contributed by atoms with van der Waals surface area (Å²) in [6.45, 7) is 6.82. The molecule has 0 saturated heterocycles. The van der Waals surface area contributed by atoms with Gasteiger partial charge in [-0.15, -0.1) is 0 Å². The summed E-state index contributed by atoms with van der Waals surface area (Å²) in [5.41, 5.74) is 1.72. The lowest BCUT2D eigenvalue weighted by Crippen LogP contribution is -2.36. The van der Waals surface area contributed by atoms with Crippen LogP contribution in [0, 0.1) is 12.3 Å². The molecule has 100 valence electrons. The van der Waals surface area contributed by atoms with Gasteiger partial charge in [0, 0.05) is 24.3 Å². The molecular weight excluding hydrogens is 228 g/mol. The summed E-state index contributed by atoms with van der Waals surface area (Å²) in [7, 11) is 0. The van der Waals surface area contributed by atoms with Crippen LogP contribution in [0.25, 0.3) is 0 Å². The number of nitrogens with one attached hydrogen (secondary N) is 2. The second-order valence-electron chi connectivity index (χ2n) is 5.34. The van der Waals surface area contributed by atoms with Gasteiger partial charge in [0.1, 0.15) is 0 Å². The van der Waals surface area contributed by atoms with E-state index in [9.17, 15) is 4.79 Å². The number of amides is 1. The molecule has 1 rings (SSSR count). The van der Waals surface area contributed by atoms with E-state index in [2.05, 4.69) is 10.6 Å². The first-order chi connectivity index (χ1) is 8.43. The summed E-state index contributed by atoms with van der Waals surface area (Å²) in [5, 5.41) is 14.9. The van der Waals surface area contributed by atoms with Gasteiger partial charge < -0.3 is 15.7 Å². The van der Waals surface area contributed by atoms with Gasteiger partial charge in [-0.2, -0.15) is 0 Å². The Hall–Kier alpha value is -1.39. The van der Waals surface area contributed by atoms with Crippen LogP contribution in [-0.2, 0) is 4.79 Å². The maximum atomic E-state index is 11.7. The Labute approximate surface area is 108 Å². The number of carbonyl (C=O) groups excluding carboxylic acids is 1. The Morgan fingerprint density at radius 1 is 1.39 bits per heavy atom. The SMILES string of the molecule is Cc1cccc(NC(=O)CNCC(C)(C)CO)c1. The molecule has 0 radical (unpaired) electrons. The summed E-state index contributed by atoms with van der Waals surface area (Å²) in [4.78, 5) is 11.7. The molecule has 0 saturated carbocycles. The van der Waals surface area contributed by atoms with Crippen molar-refractivity contribution in [3.05, 3.63) is 29.8 Å². The summed E-state index contributed by atoms with van der Waals surface area (Å²) >= 11 is 0. The third-order valence-electron chi connectivity index (χ3n) is 2.62. The molecule has 0 aliphatic rings. The average Bonchev–Trinajstić information content (AvgIpc) is 2.28. The van der Waals surface area contributed by atoms with Crippen LogP contribution in [0.15, 0.2) is 24.3 Å². The molecular formula is C14H22N2O2. The van der Waals surface area contributed by atoms with Gasteiger partial charge in [-0.3, -0.25) is 4.79 Å². The topological polar surface area (TPSA) is 61.4 Å². The lowest BCUT2D eigenvalue weighted by molar-refractivity contribution is -0.115. The molecule has 18 heavy (non-hydrogen) atoms. The largest absolute Gasteiger partial charge is 0.396 e. The van der Waals surface area contributed by atoms with Crippen molar-refractivity contribution < 1.29 is 9.90 Å². The van der Waals surface area contributed by atoms with Crippen molar-refractivity contribution in [1.29, 1.82) is 0 Å². The van der Waals surface area contributed by atoms with Gasteiger partial charge in [0.05, 0.1) is 6.54 Å². The van der Waals surface area contributed by atoms with E-state index in [1.165, 1.54) is 0 Å². The maximum absolute atomic E-state index is 11.7. The Balaban J connectivity index is 2.34. The number of carbonyl (C=O) groups is 1. The molecule has 1 aromatic carbocycles. The molecule has 0 aliphatic heterocycles. The second-order valence-corrected chi connectivity index (χ2v) is 5.34. The van der Waals surface area contributed by atoms with Crippen LogP contribution in [0.4, 0.5) is 5.69 Å². The Morgan fingerprint density at radius 2 is 2.11 bits per heavy atom. The van der Waals surface area contributed by atoms with Crippen molar-refractivity contribution in [2.24, 2.45) is 5.41 Å². The third-order valence-corrected chi connectivity index (χ3v) is 2.62. The van der Waals surface area contributed by atoms with Crippen LogP contribution in [0.2, 0.25) is 0 Å². The van der Waals surface area contributed by atoms with E-state index in [0.29, 0.717) is 6.54 Å². The van der Waals surface area contributed by atoms with Crippen LogP contribution >= 0.6 is 0 Å².